The van der Waals surface area contributed by atoms with E-state index in [-0.39, 0.29) is 0 Å². The van der Waals surface area contributed by atoms with Gasteiger partial charge in [0.15, 0.2) is 0 Å². The highest BCUT2D eigenvalue weighted by Gasteiger charge is 2.24. The van der Waals surface area contributed by atoms with Gasteiger partial charge in [0.1, 0.15) is 0 Å². The smallest absolute Gasteiger partial charge is 0.0619 e. The first-order chi connectivity index (χ1) is 25.2. The van der Waals surface area contributed by atoms with Crippen LogP contribution in [0.15, 0.2) is 170 Å². The zero-order valence-corrected chi connectivity index (χ0v) is 28.2. The molecule has 2 heteroatoms. The first-order valence-electron chi connectivity index (χ1n) is 17.6. The molecule has 1 aliphatic carbocycles. The summed E-state index contributed by atoms with van der Waals surface area (Å²) in [5, 5.41) is 7.48. The summed E-state index contributed by atoms with van der Waals surface area (Å²) in [6.45, 7) is 7.06. The van der Waals surface area contributed by atoms with Gasteiger partial charge in [0.25, 0.3) is 0 Å². The molecule has 0 N–H and O–H groups in total. The van der Waals surface area contributed by atoms with Crippen molar-refractivity contribution in [3.05, 3.63) is 187 Å². The van der Waals surface area contributed by atoms with Crippen molar-refractivity contribution in [3.8, 4) is 33.6 Å². The van der Waals surface area contributed by atoms with Crippen molar-refractivity contribution in [2.45, 2.75) is 6.92 Å². The van der Waals surface area contributed by atoms with E-state index < -0.39 is 0 Å². The standard InChI is InChI=1S/C49H32N2/c1-30-34-17-11-18-35(30)41-26-29-44-42(48(41)31(2)36-12-3-4-13-37(34)36)27-28-43-40-16-7-10-21-47(40)51(49(43)44)33-24-22-32(23-25-33)50-45-19-8-5-14-38(45)39-15-6-9-20-46(39)50/h3-29H,2H2,1H3. The third kappa shape index (κ3) is 3.82. The minimum atomic E-state index is 1.06. The average molecular weight is 649 g/mol. The largest absolute Gasteiger partial charge is 0.309 e. The van der Waals surface area contributed by atoms with E-state index in [1.807, 2.05) is 0 Å². The average Bonchev–Trinajstić information content (AvgIpc) is 3.71. The molecule has 8 aromatic carbocycles. The predicted molar refractivity (Wildman–Crippen MR) is 216 cm³/mol. The summed E-state index contributed by atoms with van der Waals surface area (Å²) in [6, 6.07) is 60.0. The van der Waals surface area contributed by atoms with E-state index >= 15 is 0 Å². The van der Waals surface area contributed by atoms with E-state index in [1.165, 1.54) is 93.3 Å². The van der Waals surface area contributed by atoms with Gasteiger partial charge in [-0.1, -0.05) is 128 Å². The van der Waals surface area contributed by atoms with Crippen LogP contribution in [0, 0.1) is 6.92 Å². The summed E-state index contributed by atoms with van der Waals surface area (Å²) in [5.41, 5.74) is 16.9. The second-order valence-corrected chi connectivity index (χ2v) is 13.8. The molecule has 2 nitrogen and oxygen atoms in total. The Kier molecular flexibility index (Phi) is 5.77. The Hall–Kier alpha value is -6.64. The molecule has 0 saturated heterocycles. The third-order valence-electron chi connectivity index (χ3n) is 11.2. The van der Waals surface area contributed by atoms with Gasteiger partial charge in [-0.05, 0) is 99.3 Å². The normalized spacial score (nSPS) is 12.5. The molecule has 10 aromatic rings. The van der Waals surface area contributed by atoms with Crippen LogP contribution in [-0.2, 0) is 0 Å². The summed E-state index contributed by atoms with van der Waals surface area (Å²) in [4.78, 5) is 0. The number of nitrogens with zero attached hydrogens (tertiary/aromatic N) is 2. The molecule has 51 heavy (non-hydrogen) atoms. The predicted octanol–water partition coefficient (Wildman–Crippen LogP) is 13.1. The van der Waals surface area contributed by atoms with Crippen LogP contribution in [0.5, 0.6) is 0 Å². The fraction of sp³-hybridized carbons (Fsp3) is 0.0204. The summed E-state index contributed by atoms with van der Waals surface area (Å²) in [6.07, 6.45) is 0. The van der Waals surface area contributed by atoms with Crippen LogP contribution in [0.4, 0.5) is 0 Å². The second-order valence-electron chi connectivity index (χ2n) is 13.8. The number of aromatic nitrogens is 2. The molecule has 11 rings (SSSR count). The highest BCUT2D eigenvalue weighted by atomic mass is 15.0. The Bertz CT molecular complexity index is 3040. The molecule has 0 spiro atoms. The molecule has 238 valence electrons. The highest BCUT2D eigenvalue weighted by molar-refractivity contribution is 6.21. The van der Waals surface area contributed by atoms with Gasteiger partial charge in [0, 0.05) is 38.3 Å². The first kappa shape index (κ1) is 28.2. The Labute approximate surface area is 295 Å². The van der Waals surface area contributed by atoms with Gasteiger partial charge in [-0.3, -0.25) is 0 Å². The van der Waals surface area contributed by atoms with Crippen molar-refractivity contribution in [3.63, 3.8) is 0 Å². The number of rotatable bonds is 2. The quantitative estimate of drug-likeness (QED) is 0.177. The van der Waals surface area contributed by atoms with Crippen LogP contribution in [0.2, 0.25) is 0 Å². The monoisotopic (exact) mass is 648 g/mol. The fourth-order valence-electron chi connectivity index (χ4n) is 8.97. The topological polar surface area (TPSA) is 9.86 Å². The molecular formula is C49H32N2. The van der Waals surface area contributed by atoms with Gasteiger partial charge < -0.3 is 9.13 Å². The minimum Gasteiger partial charge on any atom is -0.309 e. The molecule has 0 saturated carbocycles. The second kappa shape index (κ2) is 10.4. The number of hydrogen-bond donors (Lipinski definition) is 0. The lowest BCUT2D eigenvalue weighted by Crippen LogP contribution is -2.02. The lowest BCUT2D eigenvalue weighted by atomic mass is 9.79. The summed E-state index contributed by atoms with van der Waals surface area (Å²) >= 11 is 0. The number of fused-ring (bicyclic) bond motifs is 15. The van der Waals surface area contributed by atoms with Gasteiger partial charge in [-0.15, -0.1) is 0 Å². The van der Waals surface area contributed by atoms with E-state index in [0.29, 0.717) is 0 Å². The van der Waals surface area contributed by atoms with Gasteiger partial charge in [-0.25, -0.2) is 0 Å². The minimum absolute atomic E-state index is 1.06. The van der Waals surface area contributed by atoms with Gasteiger partial charge in [0.2, 0.25) is 0 Å². The van der Waals surface area contributed by atoms with Crippen molar-refractivity contribution in [2.24, 2.45) is 0 Å². The van der Waals surface area contributed by atoms with Crippen LogP contribution in [-0.4, -0.2) is 9.13 Å². The third-order valence-corrected chi connectivity index (χ3v) is 11.2. The number of para-hydroxylation sites is 3. The number of benzene rings is 8. The highest BCUT2D eigenvalue weighted by Crippen LogP contribution is 2.47. The van der Waals surface area contributed by atoms with Crippen LogP contribution in [0.25, 0.3) is 93.6 Å². The molecule has 1 aliphatic rings. The molecule has 0 atom stereocenters. The van der Waals surface area contributed by atoms with Gasteiger partial charge in [0.05, 0.1) is 22.1 Å². The maximum Gasteiger partial charge on any atom is 0.0619 e. The molecule has 2 bridgehead atoms. The van der Waals surface area contributed by atoms with Crippen LogP contribution in [0.3, 0.4) is 0 Å². The number of hydrogen-bond acceptors (Lipinski definition) is 0. The molecule has 2 heterocycles. The summed E-state index contributed by atoms with van der Waals surface area (Å²) in [7, 11) is 0. The van der Waals surface area contributed by atoms with Crippen molar-refractivity contribution < 1.29 is 0 Å². The molecule has 0 amide bonds. The van der Waals surface area contributed by atoms with Crippen molar-refractivity contribution in [1.29, 1.82) is 0 Å². The Morgan fingerprint density at radius 1 is 0.353 bits per heavy atom. The van der Waals surface area contributed by atoms with E-state index in [2.05, 4.69) is 180 Å². The fourth-order valence-corrected chi connectivity index (χ4v) is 8.97. The van der Waals surface area contributed by atoms with E-state index in [4.69, 9.17) is 6.58 Å². The maximum atomic E-state index is 4.80. The van der Waals surface area contributed by atoms with Gasteiger partial charge >= 0.3 is 0 Å². The molecule has 2 aromatic heterocycles. The van der Waals surface area contributed by atoms with Crippen molar-refractivity contribution in [2.75, 3.05) is 0 Å². The van der Waals surface area contributed by atoms with Crippen LogP contribution < -0.4 is 0 Å². The lowest BCUT2D eigenvalue weighted by molar-refractivity contribution is 1.15. The molecule has 0 fully saturated rings. The van der Waals surface area contributed by atoms with Gasteiger partial charge in [-0.2, -0.15) is 0 Å². The van der Waals surface area contributed by atoms with E-state index in [9.17, 15) is 0 Å². The lowest BCUT2D eigenvalue weighted by Gasteiger charge is -2.24. The SMILES string of the molecule is C=C1c2ccccc2-c2cccc(c2C)-c2ccc3c(ccc4c5ccccc5n(-c5ccc(-n6c7ccccc7c7ccccc76)cc5)c34)c21. The Balaban J connectivity index is 1.18. The Morgan fingerprint density at radius 3 is 1.47 bits per heavy atom. The van der Waals surface area contributed by atoms with Crippen molar-refractivity contribution >= 4 is 60.0 Å². The van der Waals surface area contributed by atoms with E-state index in [1.54, 1.807) is 0 Å². The first-order valence-corrected chi connectivity index (χ1v) is 17.6. The molecule has 0 aliphatic heterocycles. The van der Waals surface area contributed by atoms with Crippen molar-refractivity contribution in [1.82, 2.24) is 9.13 Å². The summed E-state index contributed by atoms with van der Waals surface area (Å²) in [5.74, 6) is 0. The maximum absolute atomic E-state index is 4.80. The Morgan fingerprint density at radius 2 is 0.804 bits per heavy atom. The zero-order valence-electron chi connectivity index (χ0n) is 28.2. The molecule has 0 unspecified atom stereocenters. The van der Waals surface area contributed by atoms with Crippen LogP contribution >= 0.6 is 0 Å². The van der Waals surface area contributed by atoms with Crippen LogP contribution in [0.1, 0.15) is 16.7 Å². The molecule has 0 radical (unpaired) electrons. The zero-order chi connectivity index (χ0) is 33.8. The molecular weight excluding hydrogens is 617 g/mol. The van der Waals surface area contributed by atoms with E-state index in [0.717, 1.165) is 16.9 Å². The summed E-state index contributed by atoms with van der Waals surface area (Å²) < 4.78 is 4.84.